The summed E-state index contributed by atoms with van der Waals surface area (Å²) in [6.45, 7) is 9.03. The van der Waals surface area contributed by atoms with E-state index < -0.39 is 11.7 Å². The number of ether oxygens (including phenoxy) is 2. The van der Waals surface area contributed by atoms with Crippen molar-refractivity contribution in [3.63, 3.8) is 0 Å². The molecular formula is C17H28N2O4. The lowest BCUT2D eigenvalue weighted by Crippen LogP contribution is -2.33. The van der Waals surface area contributed by atoms with Crippen LogP contribution in [0.1, 0.15) is 47.0 Å². The van der Waals surface area contributed by atoms with Gasteiger partial charge in [0.2, 0.25) is 0 Å². The molecule has 23 heavy (non-hydrogen) atoms. The van der Waals surface area contributed by atoms with Gasteiger partial charge in [-0.2, -0.15) is 0 Å². The Hall–Kier alpha value is -1.98. The van der Waals surface area contributed by atoms with Gasteiger partial charge in [0.15, 0.2) is 5.75 Å². The minimum atomic E-state index is -0.509. The van der Waals surface area contributed by atoms with Gasteiger partial charge in [-0.1, -0.05) is 13.3 Å². The molecule has 6 nitrogen and oxygen atoms in total. The summed E-state index contributed by atoms with van der Waals surface area (Å²) in [6.07, 6.45) is 3.87. The SMILES string of the molecule is CCCCOc1cccn(CCCNC(=O)OC(C)(C)C)c1=O. The van der Waals surface area contributed by atoms with Crippen molar-refractivity contribution in [3.8, 4) is 5.75 Å². The van der Waals surface area contributed by atoms with Gasteiger partial charge in [0.25, 0.3) is 5.56 Å². The fraction of sp³-hybridized carbons (Fsp3) is 0.647. The van der Waals surface area contributed by atoms with Crippen LogP contribution in [0.25, 0.3) is 0 Å². The average Bonchev–Trinajstić information content (AvgIpc) is 2.45. The number of unbranched alkanes of at least 4 members (excludes halogenated alkanes) is 1. The molecule has 6 heteroatoms. The van der Waals surface area contributed by atoms with Gasteiger partial charge in [0.1, 0.15) is 5.60 Å². The van der Waals surface area contributed by atoms with Crippen LogP contribution in [0.4, 0.5) is 4.79 Å². The van der Waals surface area contributed by atoms with Gasteiger partial charge < -0.3 is 19.4 Å². The van der Waals surface area contributed by atoms with Crippen molar-refractivity contribution >= 4 is 6.09 Å². The fourth-order valence-electron chi connectivity index (χ4n) is 1.88. The number of aryl methyl sites for hydroxylation is 1. The molecule has 0 aliphatic rings. The third-order valence-corrected chi connectivity index (χ3v) is 2.98. The highest BCUT2D eigenvalue weighted by Gasteiger charge is 2.15. The Balaban J connectivity index is 2.42. The Morgan fingerprint density at radius 3 is 2.70 bits per heavy atom. The molecule has 0 saturated carbocycles. The van der Waals surface area contributed by atoms with E-state index in [9.17, 15) is 9.59 Å². The summed E-state index contributed by atoms with van der Waals surface area (Å²) in [7, 11) is 0. The average molecular weight is 324 g/mol. The molecular weight excluding hydrogens is 296 g/mol. The van der Waals surface area contributed by atoms with Crippen LogP contribution in [0, 0.1) is 0 Å². The number of alkyl carbamates (subject to hydrolysis) is 1. The number of hydrogen-bond acceptors (Lipinski definition) is 4. The van der Waals surface area contributed by atoms with Crippen molar-refractivity contribution in [1.82, 2.24) is 9.88 Å². The largest absolute Gasteiger partial charge is 0.488 e. The van der Waals surface area contributed by atoms with Crippen LogP contribution in [0.3, 0.4) is 0 Å². The van der Waals surface area contributed by atoms with Gasteiger partial charge in [0.05, 0.1) is 6.61 Å². The van der Waals surface area contributed by atoms with Gasteiger partial charge in [-0.3, -0.25) is 4.79 Å². The highest BCUT2D eigenvalue weighted by atomic mass is 16.6. The summed E-state index contributed by atoms with van der Waals surface area (Å²) >= 11 is 0. The van der Waals surface area contributed by atoms with E-state index in [0.29, 0.717) is 31.9 Å². The molecule has 1 N–H and O–H groups in total. The van der Waals surface area contributed by atoms with Crippen molar-refractivity contribution in [2.45, 2.75) is 59.1 Å². The molecule has 1 heterocycles. The first-order valence-corrected chi connectivity index (χ1v) is 8.12. The van der Waals surface area contributed by atoms with Crippen molar-refractivity contribution < 1.29 is 14.3 Å². The number of rotatable bonds is 8. The summed E-state index contributed by atoms with van der Waals surface area (Å²) in [5.74, 6) is 0.376. The lowest BCUT2D eigenvalue weighted by atomic mass is 10.2. The molecule has 1 aromatic heterocycles. The molecule has 130 valence electrons. The summed E-state index contributed by atoms with van der Waals surface area (Å²) in [5.41, 5.74) is -0.647. The van der Waals surface area contributed by atoms with E-state index in [0.717, 1.165) is 12.8 Å². The van der Waals surface area contributed by atoms with E-state index in [1.54, 1.807) is 22.9 Å². The monoisotopic (exact) mass is 324 g/mol. The molecule has 1 amide bonds. The normalized spacial score (nSPS) is 11.1. The van der Waals surface area contributed by atoms with Crippen molar-refractivity contribution in [3.05, 3.63) is 28.7 Å². The number of carbonyl (C=O) groups excluding carboxylic acids is 1. The number of carbonyl (C=O) groups is 1. The second kappa shape index (κ2) is 9.22. The molecule has 0 aliphatic heterocycles. The molecule has 1 aromatic rings. The molecule has 0 fully saturated rings. The van der Waals surface area contributed by atoms with Crippen LogP contribution in [0.5, 0.6) is 5.75 Å². The number of aromatic nitrogens is 1. The molecule has 0 unspecified atom stereocenters. The maximum absolute atomic E-state index is 12.2. The van der Waals surface area contributed by atoms with Crippen LogP contribution in [-0.4, -0.2) is 29.4 Å². The molecule has 0 aliphatic carbocycles. The van der Waals surface area contributed by atoms with Crippen LogP contribution < -0.4 is 15.6 Å². The van der Waals surface area contributed by atoms with Crippen LogP contribution in [0.2, 0.25) is 0 Å². The van der Waals surface area contributed by atoms with E-state index in [1.807, 2.05) is 20.8 Å². The van der Waals surface area contributed by atoms with Gasteiger partial charge in [-0.05, 0) is 45.7 Å². The number of hydrogen-bond donors (Lipinski definition) is 1. The molecule has 0 aromatic carbocycles. The van der Waals surface area contributed by atoms with Gasteiger partial charge in [-0.25, -0.2) is 4.79 Å². The second-order valence-corrected chi connectivity index (χ2v) is 6.36. The summed E-state index contributed by atoms with van der Waals surface area (Å²) in [4.78, 5) is 23.7. The molecule has 0 atom stereocenters. The fourth-order valence-corrected chi connectivity index (χ4v) is 1.88. The number of amides is 1. The Morgan fingerprint density at radius 2 is 2.04 bits per heavy atom. The van der Waals surface area contributed by atoms with Crippen molar-refractivity contribution in [1.29, 1.82) is 0 Å². The third-order valence-electron chi connectivity index (χ3n) is 2.98. The molecule has 0 spiro atoms. The van der Waals surface area contributed by atoms with E-state index >= 15 is 0 Å². The van der Waals surface area contributed by atoms with E-state index in [1.165, 1.54) is 0 Å². The number of nitrogens with one attached hydrogen (secondary N) is 1. The standard InChI is InChI=1S/C17H28N2O4/c1-5-6-13-22-14-9-7-11-19(15(14)20)12-8-10-18-16(21)23-17(2,3)4/h7,9,11H,5-6,8,10,12-13H2,1-4H3,(H,18,21). The lowest BCUT2D eigenvalue weighted by Gasteiger charge is -2.19. The predicted octanol–water partition coefficient (Wildman–Crippen LogP) is 2.94. The Labute approximate surface area is 137 Å². The smallest absolute Gasteiger partial charge is 0.407 e. The maximum atomic E-state index is 12.2. The van der Waals surface area contributed by atoms with Crippen molar-refractivity contribution in [2.24, 2.45) is 0 Å². The summed E-state index contributed by atoms with van der Waals surface area (Å²) in [6, 6.07) is 3.48. The first-order chi connectivity index (χ1) is 10.8. The maximum Gasteiger partial charge on any atom is 0.407 e. The van der Waals surface area contributed by atoms with Crippen LogP contribution in [0.15, 0.2) is 23.1 Å². The number of pyridine rings is 1. The zero-order chi connectivity index (χ0) is 17.3. The molecule has 0 radical (unpaired) electrons. The minimum absolute atomic E-state index is 0.138. The summed E-state index contributed by atoms with van der Waals surface area (Å²) in [5, 5.41) is 2.68. The first-order valence-electron chi connectivity index (χ1n) is 8.12. The van der Waals surface area contributed by atoms with Crippen LogP contribution >= 0.6 is 0 Å². The Morgan fingerprint density at radius 1 is 1.30 bits per heavy atom. The van der Waals surface area contributed by atoms with E-state index in [4.69, 9.17) is 9.47 Å². The third kappa shape index (κ3) is 7.72. The number of nitrogens with zero attached hydrogens (tertiary/aromatic N) is 1. The van der Waals surface area contributed by atoms with E-state index in [2.05, 4.69) is 12.2 Å². The minimum Gasteiger partial charge on any atom is -0.488 e. The van der Waals surface area contributed by atoms with Crippen LogP contribution in [-0.2, 0) is 11.3 Å². The highest BCUT2D eigenvalue weighted by Crippen LogP contribution is 2.06. The Kier molecular flexibility index (Phi) is 7.65. The topological polar surface area (TPSA) is 69.6 Å². The first kappa shape index (κ1) is 19.1. The lowest BCUT2D eigenvalue weighted by molar-refractivity contribution is 0.0526. The zero-order valence-electron chi connectivity index (χ0n) is 14.6. The predicted molar refractivity (Wildman–Crippen MR) is 90.0 cm³/mol. The highest BCUT2D eigenvalue weighted by molar-refractivity contribution is 5.67. The quantitative estimate of drug-likeness (QED) is 0.746. The van der Waals surface area contributed by atoms with E-state index in [-0.39, 0.29) is 5.56 Å². The van der Waals surface area contributed by atoms with Gasteiger partial charge in [0, 0.05) is 19.3 Å². The molecule has 1 rings (SSSR count). The molecule has 0 bridgehead atoms. The second-order valence-electron chi connectivity index (χ2n) is 6.36. The summed E-state index contributed by atoms with van der Waals surface area (Å²) < 4.78 is 12.2. The van der Waals surface area contributed by atoms with Gasteiger partial charge in [-0.15, -0.1) is 0 Å². The van der Waals surface area contributed by atoms with Gasteiger partial charge >= 0.3 is 6.09 Å². The zero-order valence-corrected chi connectivity index (χ0v) is 14.6. The van der Waals surface area contributed by atoms with Crippen molar-refractivity contribution in [2.75, 3.05) is 13.2 Å². The Bertz CT molecular complexity index is 546. The molecule has 0 saturated heterocycles.